The molecule has 7 nitrogen and oxygen atoms in total. The number of nitrogens with two attached hydrogens (primary N) is 1. The first kappa shape index (κ1) is 18.0. The van der Waals surface area contributed by atoms with Crippen molar-refractivity contribution in [2.75, 3.05) is 0 Å². The molecule has 10 heteroatoms. The van der Waals surface area contributed by atoms with Crippen molar-refractivity contribution < 1.29 is 27.5 Å². The third kappa shape index (κ3) is 5.09. The van der Waals surface area contributed by atoms with Gasteiger partial charge < -0.3 is 15.3 Å². The van der Waals surface area contributed by atoms with Gasteiger partial charge in [0.25, 0.3) is 0 Å². The van der Waals surface area contributed by atoms with Crippen LogP contribution in [0.4, 0.5) is 18.0 Å². The summed E-state index contributed by atoms with van der Waals surface area (Å²) in [5.41, 5.74) is 4.50. The summed E-state index contributed by atoms with van der Waals surface area (Å²) in [5.74, 6) is -0.647. The third-order valence-electron chi connectivity index (χ3n) is 2.83. The Morgan fingerprint density at radius 2 is 2.04 bits per heavy atom. The first-order valence-corrected chi connectivity index (χ1v) is 6.82. The molecule has 0 bridgehead atoms. The Morgan fingerprint density at radius 3 is 2.64 bits per heavy atom. The zero-order chi connectivity index (χ0) is 18.4. The molecule has 0 aliphatic carbocycles. The predicted molar refractivity (Wildman–Crippen MR) is 80.2 cm³/mol. The van der Waals surface area contributed by atoms with Crippen LogP contribution in [0.15, 0.2) is 48.8 Å². The van der Waals surface area contributed by atoms with Gasteiger partial charge >= 0.3 is 12.3 Å². The molecule has 0 aliphatic heterocycles. The fraction of sp³-hybridized carbons (Fsp3) is 0.133. The minimum absolute atomic E-state index is 0.119. The van der Waals surface area contributed by atoms with Crippen molar-refractivity contribution in [2.45, 2.75) is 12.8 Å². The van der Waals surface area contributed by atoms with Gasteiger partial charge in [-0.05, 0) is 29.8 Å². The number of alkyl halides is 3. The summed E-state index contributed by atoms with van der Waals surface area (Å²) in [7, 11) is 0. The van der Waals surface area contributed by atoms with Gasteiger partial charge in [-0.15, -0.1) is 0 Å². The molecule has 0 unspecified atom stereocenters. The van der Waals surface area contributed by atoms with Gasteiger partial charge in [0.1, 0.15) is 6.61 Å². The highest BCUT2D eigenvalue weighted by molar-refractivity contribution is 5.90. The number of carbonyl (C=O) groups excluding carboxylic acids is 1. The van der Waals surface area contributed by atoms with Crippen LogP contribution in [0, 0.1) is 5.41 Å². The summed E-state index contributed by atoms with van der Waals surface area (Å²) < 4.78 is 42.8. The van der Waals surface area contributed by atoms with Crippen molar-refractivity contribution in [1.29, 1.82) is 5.41 Å². The number of benzene rings is 1. The Morgan fingerprint density at radius 1 is 1.28 bits per heavy atom. The molecule has 1 heterocycles. The van der Waals surface area contributed by atoms with Gasteiger partial charge in [-0.3, -0.25) is 10.4 Å². The van der Waals surface area contributed by atoms with E-state index in [1.807, 2.05) is 0 Å². The number of rotatable bonds is 4. The van der Waals surface area contributed by atoms with E-state index >= 15 is 0 Å². The van der Waals surface area contributed by atoms with E-state index in [1.165, 1.54) is 36.7 Å². The van der Waals surface area contributed by atoms with Crippen LogP contribution < -0.4 is 10.6 Å². The van der Waals surface area contributed by atoms with Crippen LogP contribution in [0.25, 0.3) is 0 Å². The highest BCUT2D eigenvalue weighted by Crippen LogP contribution is 2.29. The van der Waals surface area contributed by atoms with Gasteiger partial charge in [-0.25, -0.2) is 4.79 Å². The monoisotopic (exact) mass is 354 g/mol. The lowest BCUT2D eigenvalue weighted by molar-refractivity contribution is -0.137. The molecule has 0 fully saturated rings. The maximum absolute atomic E-state index is 12.7. The lowest BCUT2D eigenvalue weighted by Gasteiger charge is -2.19. The number of carbonyl (C=O) groups is 1. The van der Waals surface area contributed by atoms with Crippen LogP contribution in [0.1, 0.15) is 11.1 Å². The van der Waals surface area contributed by atoms with Gasteiger partial charge in [0.15, 0.2) is 5.75 Å². The minimum atomic E-state index is -4.51. The van der Waals surface area contributed by atoms with Gasteiger partial charge in [0.05, 0.1) is 11.8 Å². The number of hydrogen-bond acceptors (Lipinski definition) is 5. The number of nitrogens with one attached hydrogen (secondary N) is 1. The lowest BCUT2D eigenvalue weighted by atomic mass is 10.1. The van der Waals surface area contributed by atoms with Crippen LogP contribution in [-0.2, 0) is 17.5 Å². The smallest absolute Gasteiger partial charge is 0.442 e. The van der Waals surface area contributed by atoms with E-state index in [-0.39, 0.29) is 11.3 Å². The van der Waals surface area contributed by atoms with Crippen molar-refractivity contribution >= 4 is 12.1 Å². The molecule has 2 aromatic rings. The van der Waals surface area contributed by atoms with E-state index in [9.17, 15) is 18.0 Å². The molecular weight excluding hydrogens is 341 g/mol. The van der Waals surface area contributed by atoms with Crippen LogP contribution >= 0.6 is 0 Å². The summed E-state index contributed by atoms with van der Waals surface area (Å²) in [6.07, 6.45) is -2.92. The molecule has 0 radical (unpaired) electrons. The molecule has 25 heavy (non-hydrogen) atoms. The van der Waals surface area contributed by atoms with E-state index in [1.54, 1.807) is 0 Å². The first-order valence-electron chi connectivity index (χ1n) is 6.82. The van der Waals surface area contributed by atoms with Crippen LogP contribution in [0.3, 0.4) is 0 Å². The second-order valence-electron chi connectivity index (χ2n) is 4.71. The number of ether oxygens (including phenoxy) is 1. The van der Waals surface area contributed by atoms with Crippen molar-refractivity contribution in [2.24, 2.45) is 5.73 Å². The largest absolute Gasteiger partial charge is 0.451 e. The molecule has 3 N–H and O–H groups in total. The Balaban J connectivity index is 2.03. The molecule has 1 aromatic heterocycles. The van der Waals surface area contributed by atoms with Crippen molar-refractivity contribution in [3.63, 3.8) is 0 Å². The topological polar surface area (TPSA) is 102 Å². The lowest BCUT2D eigenvalue weighted by Crippen LogP contribution is -2.44. The van der Waals surface area contributed by atoms with Crippen LogP contribution in [0.5, 0.6) is 5.75 Å². The summed E-state index contributed by atoms with van der Waals surface area (Å²) >= 11 is 0. The number of amides is 1. The molecule has 0 atom stereocenters. The average molecular weight is 354 g/mol. The molecule has 0 saturated heterocycles. The molecule has 2 rings (SSSR count). The number of guanidine groups is 1. The van der Waals surface area contributed by atoms with Crippen LogP contribution in [-0.4, -0.2) is 22.1 Å². The summed E-state index contributed by atoms with van der Waals surface area (Å²) in [6, 6.07) is 7.31. The quantitative estimate of drug-likeness (QED) is 0.499. The number of pyridine rings is 1. The summed E-state index contributed by atoms with van der Waals surface area (Å²) in [5, 5.41) is 7.69. The Bertz CT molecular complexity index is 753. The van der Waals surface area contributed by atoms with Crippen molar-refractivity contribution in [3.8, 4) is 5.75 Å². The zero-order valence-corrected chi connectivity index (χ0v) is 12.7. The molecule has 1 aromatic carbocycles. The summed E-state index contributed by atoms with van der Waals surface area (Å²) in [6.45, 7) is -0.455. The SMILES string of the molecule is N=C(N)N(Oc1cccnc1)C(=O)OCc1cccc(C(F)(F)F)c1. The Labute approximate surface area is 140 Å². The molecule has 132 valence electrons. The second-order valence-corrected chi connectivity index (χ2v) is 4.71. The second kappa shape index (κ2) is 7.51. The first-order chi connectivity index (χ1) is 11.8. The van der Waals surface area contributed by atoms with Crippen molar-refractivity contribution in [3.05, 3.63) is 59.9 Å². The maximum Gasteiger partial charge on any atom is 0.451 e. The number of hydrogen-bond donors (Lipinski definition) is 2. The van der Waals surface area contributed by atoms with E-state index in [4.69, 9.17) is 20.7 Å². The Kier molecular flexibility index (Phi) is 5.42. The molecule has 0 saturated carbocycles. The van der Waals surface area contributed by atoms with E-state index < -0.39 is 30.4 Å². The maximum atomic E-state index is 12.7. The number of hydroxylamine groups is 2. The highest BCUT2D eigenvalue weighted by Gasteiger charge is 2.30. The van der Waals surface area contributed by atoms with E-state index in [0.29, 0.717) is 5.06 Å². The highest BCUT2D eigenvalue weighted by atomic mass is 19.4. The molecule has 0 spiro atoms. The summed E-state index contributed by atoms with van der Waals surface area (Å²) in [4.78, 5) is 20.8. The van der Waals surface area contributed by atoms with Gasteiger partial charge in [-0.2, -0.15) is 13.2 Å². The Hall–Kier alpha value is -3.30. The van der Waals surface area contributed by atoms with Crippen molar-refractivity contribution in [1.82, 2.24) is 10.0 Å². The average Bonchev–Trinajstić information content (AvgIpc) is 2.58. The van der Waals surface area contributed by atoms with Crippen LogP contribution in [0.2, 0.25) is 0 Å². The number of halogens is 3. The normalized spacial score (nSPS) is 10.8. The standard InChI is InChI=1S/C15H13F3N4O3/c16-15(17,18)11-4-1-3-10(7-11)9-24-14(23)22(13(19)20)25-12-5-2-6-21-8-12/h1-8H,9H2,(H3,19,20). The number of aromatic nitrogens is 1. The molecular formula is C15H13F3N4O3. The fourth-order valence-electron chi connectivity index (χ4n) is 1.73. The van der Waals surface area contributed by atoms with Gasteiger partial charge in [0.2, 0.25) is 5.96 Å². The van der Waals surface area contributed by atoms with E-state index in [0.717, 1.165) is 12.1 Å². The molecule has 0 aliphatic rings. The predicted octanol–water partition coefficient (Wildman–Crippen LogP) is 2.93. The van der Waals surface area contributed by atoms with E-state index in [2.05, 4.69) is 4.98 Å². The third-order valence-corrected chi connectivity index (χ3v) is 2.83. The van der Waals surface area contributed by atoms with Gasteiger partial charge in [-0.1, -0.05) is 17.2 Å². The minimum Gasteiger partial charge on any atom is -0.442 e. The van der Waals surface area contributed by atoms with Gasteiger partial charge in [0, 0.05) is 6.20 Å². The fourth-order valence-corrected chi connectivity index (χ4v) is 1.73. The number of nitrogens with zero attached hydrogens (tertiary/aromatic N) is 2. The zero-order valence-electron chi connectivity index (χ0n) is 12.7. The molecule has 1 amide bonds.